The van der Waals surface area contributed by atoms with Gasteiger partial charge in [-0.1, -0.05) is 11.6 Å². The molecule has 2 nitrogen and oxygen atoms in total. The van der Waals surface area contributed by atoms with Crippen LogP contribution in [0.4, 0.5) is 5.82 Å². The Bertz CT molecular complexity index is 470. The van der Waals surface area contributed by atoms with E-state index in [4.69, 9.17) is 17.3 Å². The Morgan fingerprint density at radius 3 is 2.77 bits per heavy atom. The van der Waals surface area contributed by atoms with Gasteiger partial charge in [-0.25, -0.2) is 4.98 Å². The van der Waals surface area contributed by atoms with Crippen molar-refractivity contribution in [1.29, 1.82) is 0 Å². The first-order valence-corrected chi connectivity index (χ1v) is 4.84. The average Bonchev–Trinajstić information content (AvgIpc) is 2.08. The number of nitrogens with two attached hydrogens (primary N) is 1. The minimum Gasteiger partial charge on any atom is -0.384 e. The van der Waals surface area contributed by atoms with Crippen LogP contribution in [0.2, 0.25) is 5.02 Å². The zero-order valence-electron chi connectivity index (χ0n) is 6.59. The van der Waals surface area contributed by atoms with Gasteiger partial charge in [0, 0.05) is 16.1 Å². The van der Waals surface area contributed by atoms with E-state index in [0.717, 1.165) is 15.2 Å². The molecule has 0 spiro atoms. The molecule has 2 rings (SSSR count). The smallest absolute Gasteiger partial charge is 0.123 e. The Hall–Kier alpha value is -0.800. The second kappa shape index (κ2) is 3.16. The normalized spacial score (nSPS) is 10.6. The number of aromatic nitrogens is 1. The average molecular weight is 258 g/mol. The van der Waals surface area contributed by atoms with Gasteiger partial charge in [0.1, 0.15) is 5.82 Å². The molecule has 2 aromatic rings. The SMILES string of the molecule is Nc1cc2cc(Cl)c(Br)cc2cn1. The van der Waals surface area contributed by atoms with E-state index in [1.807, 2.05) is 12.1 Å². The van der Waals surface area contributed by atoms with E-state index in [0.29, 0.717) is 10.8 Å². The van der Waals surface area contributed by atoms with E-state index in [2.05, 4.69) is 20.9 Å². The van der Waals surface area contributed by atoms with Crippen LogP contribution in [-0.4, -0.2) is 4.98 Å². The fourth-order valence-corrected chi connectivity index (χ4v) is 1.69. The molecule has 13 heavy (non-hydrogen) atoms. The van der Waals surface area contributed by atoms with Crippen molar-refractivity contribution in [2.45, 2.75) is 0 Å². The molecule has 0 aliphatic heterocycles. The largest absolute Gasteiger partial charge is 0.384 e. The van der Waals surface area contributed by atoms with Crippen molar-refractivity contribution in [2.75, 3.05) is 5.73 Å². The highest BCUT2D eigenvalue weighted by atomic mass is 79.9. The molecular formula is C9H6BrClN2. The van der Waals surface area contributed by atoms with Crippen molar-refractivity contribution in [3.8, 4) is 0 Å². The van der Waals surface area contributed by atoms with E-state index < -0.39 is 0 Å². The van der Waals surface area contributed by atoms with Crippen LogP contribution in [0.1, 0.15) is 0 Å². The standard InChI is InChI=1S/C9H6BrClN2/c10-7-1-6-4-13-9(12)3-5(6)2-8(7)11/h1-4H,(H2,12,13). The predicted octanol–water partition coefficient (Wildman–Crippen LogP) is 3.23. The Balaban J connectivity index is 2.81. The second-order valence-electron chi connectivity index (χ2n) is 2.72. The van der Waals surface area contributed by atoms with Crippen LogP contribution in [0.5, 0.6) is 0 Å². The zero-order valence-corrected chi connectivity index (χ0v) is 8.93. The summed E-state index contributed by atoms with van der Waals surface area (Å²) in [5, 5.41) is 2.70. The van der Waals surface area contributed by atoms with Gasteiger partial charge in [0.25, 0.3) is 0 Å². The lowest BCUT2D eigenvalue weighted by Gasteiger charge is -2.01. The van der Waals surface area contributed by atoms with Gasteiger partial charge < -0.3 is 5.73 Å². The van der Waals surface area contributed by atoms with Crippen molar-refractivity contribution >= 4 is 44.1 Å². The molecule has 1 aromatic heterocycles. The minimum absolute atomic E-state index is 0.505. The maximum atomic E-state index is 5.93. The van der Waals surface area contributed by atoms with E-state index in [1.54, 1.807) is 12.3 Å². The molecule has 0 saturated carbocycles. The van der Waals surface area contributed by atoms with E-state index >= 15 is 0 Å². The first-order chi connectivity index (χ1) is 6.16. The van der Waals surface area contributed by atoms with Crippen molar-refractivity contribution in [3.63, 3.8) is 0 Å². The van der Waals surface area contributed by atoms with Crippen LogP contribution >= 0.6 is 27.5 Å². The summed E-state index contributed by atoms with van der Waals surface area (Å²) in [4.78, 5) is 3.99. The van der Waals surface area contributed by atoms with Gasteiger partial charge in [0.05, 0.1) is 5.02 Å². The third kappa shape index (κ3) is 1.62. The molecule has 0 radical (unpaired) electrons. The van der Waals surface area contributed by atoms with Gasteiger partial charge in [0.15, 0.2) is 0 Å². The molecule has 66 valence electrons. The van der Waals surface area contributed by atoms with Crippen LogP contribution < -0.4 is 5.73 Å². The molecule has 0 amide bonds. The summed E-state index contributed by atoms with van der Waals surface area (Å²) < 4.78 is 0.869. The van der Waals surface area contributed by atoms with Crippen molar-refractivity contribution < 1.29 is 0 Å². The molecule has 2 N–H and O–H groups in total. The highest BCUT2D eigenvalue weighted by Crippen LogP contribution is 2.28. The Morgan fingerprint density at radius 2 is 2.00 bits per heavy atom. The summed E-state index contributed by atoms with van der Waals surface area (Å²) in [6.45, 7) is 0. The minimum atomic E-state index is 0.505. The lowest BCUT2D eigenvalue weighted by molar-refractivity contribution is 1.37. The third-order valence-electron chi connectivity index (χ3n) is 1.78. The molecule has 0 atom stereocenters. The van der Waals surface area contributed by atoms with Crippen LogP contribution in [0, 0.1) is 0 Å². The van der Waals surface area contributed by atoms with Gasteiger partial charge >= 0.3 is 0 Å². The highest BCUT2D eigenvalue weighted by molar-refractivity contribution is 9.10. The van der Waals surface area contributed by atoms with Crippen molar-refractivity contribution in [3.05, 3.63) is 33.9 Å². The van der Waals surface area contributed by atoms with E-state index in [1.165, 1.54) is 0 Å². The molecule has 1 aromatic carbocycles. The summed E-state index contributed by atoms with van der Waals surface area (Å²) in [5.74, 6) is 0.505. The number of nitrogen functional groups attached to an aromatic ring is 1. The number of pyridine rings is 1. The maximum absolute atomic E-state index is 5.93. The summed E-state index contributed by atoms with van der Waals surface area (Å²) >= 11 is 9.28. The Kier molecular flexibility index (Phi) is 2.14. The van der Waals surface area contributed by atoms with Gasteiger partial charge in [0.2, 0.25) is 0 Å². The number of nitrogens with zero attached hydrogens (tertiary/aromatic N) is 1. The molecule has 1 heterocycles. The topological polar surface area (TPSA) is 38.9 Å². The molecule has 0 fully saturated rings. The second-order valence-corrected chi connectivity index (χ2v) is 3.98. The van der Waals surface area contributed by atoms with Gasteiger partial charge in [-0.15, -0.1) is 0 Å². The fourth-order valence-electron chi connectivity index (χ4n) is 1.16. The molecule has 0 aliphatic carbocycles. The van der Waals surface area contributed by atoms with Crippen LogP contribution in [-0.2, 0) is 0 Å². The number of hydrogen-bond acceptors (Lipinski definition) is 2. The maximum Gasteiger partial charge on any atom is 0.123 e. The lowest BCUT2D eigenvalue weighted by atomic mass is 10.2. The lowest BCUT2D eigenvalue weighted by Crippen LogP contribution is -1.88. The van der Waals surface area contributed by atoms with E-state index in [-0.39, 0.29) is 0 Å². The van der Waals surface area contributed by atoms with Crippen molar-refractivity contribution in [2.24, 2.45) is 0 Å². The first kappa shape index (κ1) is 8.78. The van der Waals surface area contributed by atoms with Crippen LogP contribution in [0.3, 0.4) is 0 Å². The van der Waals surface area contributed by atoms with Gasteiger partial charge in [-0.3, -0.25) is 0 Å². The fraction of sp³-hybridized carbons (Fsp3) is 0. The number of halogens is 2. The zero-order chi connectivity index (χ0) is 9.42. The summed E-state index contributed by atoms with van der Waals surface area (Å²) in [6.07, 6.45) is 1.73. The monoisotopic (exact) mass is 256 g/mol. The van der Waals surface area contributed by atoms with Gasteiger partial charge in [-0.2, -0.15) is 0 Å². The molecular weight excluding hydrogens is 251 g/mol. The first-order valence-electron chi connectivity index (χ1n) is 3.67. The third-order valence-corrected chi connectivity index (χ3v) is 2.98. The Morgan fingerprint density at radius 1 is 1.23 bits per heavy atom. The number of anilines is 1. The molecule has 0 unspecified atom stereocenters. The number of rotatable bonds is 0. The van der Waals surface area contributed by atoms with Crippen LogP contribution in [0.15, 0.2) is 28.9 Å². The summed E-state index contributed by atoms with van der Waals surface area (Å²) in [7, 11) is 0. The molecule has 0 aliphatic rings. The molecule has 0 saturated heterocycles. The highest BCUT2D eigenvalue weighted by Gasteiger charge is 2.00. The van der Waals surface area contributed by atoms with Gasteiger partial charge in [-0.05, 0) is 39.5 Å². The number of fused-ring (bicyclic) bond motifs is 1. The molecule has 0 bridgehead atoms. The number of hydrogen-bond donors (Lipinski definition) is 1. The summed E-state index contributed by atoms with van der Waals surface area (Å²) in [6, 6.07) is 5.58. The predicted molar refractivity (Wildman–Crippen MR) is 58.9 cm³/mol. The van der Waals surface area contributed by atoms with E-state index in [9.17, 15) is 0 Å². The number of benzene rings is 1. The summed E-state index contributed by atoms with van der Waals surface area (Å²) in [5.41, 5.74) is 5.55. The Labute approximate surface area is 88.8 Å². The molecule has 4 heteroatoms. The van der Waals surface area contributed by atoms with Crippen molar-refractivity contribution in [1.82, 2.24) is 4.98 Å². The van der Waals surface area contributed by atoms with Crippen LogP contribution in [0.25, 0.3) is 10.8 Å². The quantitative estimate of drug-likeness (QED) is 0.787.